The summed E-state index contributed by atoms with van der Waals surface area (Å²) in [6, 6.07) is 16.5. The van der Waals surface area contributed by atoms with Crippen LogP contribution in [0.2, 0.25) is 0 Å². The minimum absolute atomic E-state index is 0.113. The second-order valence-electron chi connectivity index (χ2n) is 8.90. The van der Waals surface area contributed by atoms with Crippen molar-refractivity contribution in [3.63, 3.8) is 0 Å². The largest absolute Gasteiger partial charge is 0.313 e. The minimum atomic E-state index is 0.113. The van der Waals surface area contributed by atoms with Crippen molar-refractivity contribution in [2.45, 2.75) is 72.1 Å². The Morgan fingerprint density at radius 2 is 1.53 bits per heavy atom. The third-order valence-electron chi connectivity index (χ3n) is 6.42. The molecular weight excluding hydrogens is 392 g/mol. The number of carbonyl (C=O) groups is 1. The fraction of sp³-hybridized carbons (Fsp3) is 0.483. The molecule has 0 amide bonds. The van der Waals surface area contributed by atoms with Crippen molar-refractivity contribution in [3.8, 4) is 0 Å². The Balaban J connectivity index is 1.57. The smallest absolute Gasteiger partial charge is 0.210 e. The fourth-order valence-corrected chi connectivity index (χ4v) is 4.43. The number of hydrogen-bond acceptors (Lipinski definition) is 2. The summed E-state index contributed by atoms with van der Waals surface area (Å²) in [6.07, 6.45) is 11.5. The average Bonchev–Trinajstić information content (AvgIpc) is 3.21. The Bertz CT molecular complexity index is 962. The van der Waals surface area contributed by atoms with Crippen LogP contribution in [0.25, 0.3) is 5.52 Å². The van der Waals surface area contributed by atoms with Crippen molar-refractivity contribution in [2.24, 2.45) is 0 Å². The van der Waals surface area contributed by atoms with Gasteiger partial charge in [0, 0.05) is 17.3 Å². The van der Waals surface area contributed by atoms with Gasteiger partial charge in [-0.1, -0.05) is 63.9 Å². The van der Waals surface area contributed by atoms with E-state index in [0.29, 0.717) is 0 Å². The van der Waals surface area contributed by atoms with Gasteiger partial charge in [-0.05, 0) is 87.5 Å². The molecule has 2 heterocycles. The van der Waals surface area contributed by atoms with E-state index in [1.54, 1.807) is 0 Å². The van der Waals surface area contributed by atoms with Crippen LogP contribution in [-0.2, 0) is 12.8 Å². The normalized spacial score (nSPS) is 11.5. The topological polar surface area (TPSA) is 24.7 Å². The lowest BCUT2D eigenvalue weighted by atomic mass is 10.0. The Morgan fingerprint density at radius 1 is 0.844 bits per heavy atom. The first kappa shape index (κ1) is 24.3. The first-order valence-electron chi connectivity index (χ1n) is 12.6. The number of carbonyl (C=O) groups excluding carboxylic acids is 1. The summed E-state index contributed by atoms with van der Waals surface area (Å²) < 4.78 is 2.03. The Hall–Kier alpha value is -2.39. The fourth-order valence-electron chi connectivity index (χ4n) is 4.43. The van der Waals surface area contributed by atoms with Crippen LogP contribution in [0.15, 0.2) is 54.7 Å². The van der Waals surface area contributed by atoms with Crippen LogP contribution in [0.4, 0.5) is 0 Å². The first-order valence-corrected chi connectivity index (χ1v) is 12.6. The van der Waals surface area contributed by atoms with E-state index < -0.39 is 0 Å². The highest BCUT2D eigenvalue weighted by molar-refractivity contribution is 6.09. The van der Waals surface area contributed by atoms with Gasteiger partial charge in [0.15, 0.2) is 0 Å². The van der Waals surface area contributed by atoms with Gasteiger partial charge < -0.3 is 9.30 Å². The lowest BCUT2D eigenvalue weighted by Gasteiger charge is -2.21. The van der Waals surface area contributed by atoms with Gasteiger partial charge in [-0.25, -0.2) is 0 Å². The van der Waals surface area contributed by atoms with Crippen molar-refractivity contribution in [2.75, 3.05) is 19.6 Å². The van der Waals surface area contributed by atoms with Crippen LogP contribution in [0.1, 0.15) is 86.5 Å². The number of pyridine rings is 1. The standard InChI is InChI=1S/C29H40N2O/c1-4-7-19-30(20-8-5-2)21-11-9-13-24-15-17-26(18-16-24)29(32)28-25(6-3)23-27-14-10-12-22-31(27)28/h10,12,14-18,22-23H,4-9,11,13,19-21H2,1-3H3. The monoisotopic (exact) mass is 432 g/mol. The van der Waals surface area contributed by atoms with Gasteiger partial charge in [0.25, 0.3) is 0 Å². The summed E-state index contributed by atoms with van der Waals surface area (Å²) in [7, 11) is 0. The van der Waals surface area contributed by atoms with Crippen molar-refractivity contribution < 1.29 is 4.79 Å². The van der Waals surface area contributed by atoms with E-state index >= 15 is 0 Å². The molecule has 0 spiro atoms. The predicted molar refractivity (Wildman–Crippen MR) is 136 cm³/mol. The lowest BCUT2D eigenvalue weighted by molar-refractivity contribution is 0.103. The molecule has 0 aliphatic carbocycles. The van der Waals surface area contributed by atoms with Gasteiger partial charge in [-0.15, -0.1) is 0 Å². The number of hydrogen-bond donors (Lipinski definition) is 0. The lowest BCUT2D eigenvalue weighted by Crippen LogP contribution is -2.27. The van der Waals surface area contributed by atoms with E-state index in [0.717, 1.165) is 35.2 Å². The SMILES string of the molecule is CCCCN(CCCC)CCCCc1ccc(C(=O)c2c(CC)cc3ccccn23)cc1. The maximum Gasteiger partial charge on any atom is 0.210 e. The second kappa shape index (κ2) is 12.6. The molecular formula is C29H40N2O. The molecule has 2 aromatic heterocycles. The third-order valence-corrected chi connectivity index (χ3v) is 6.42. The van der Waals surface area contributed by atoms with Crippen molar-refractivity contribution in [1.82, 2.24) is 9.30 Å². The maximum absolute atomic E-state index is 13.3. The van der Waals surface area contributed by atoms with Crippen LogP contribution in [0.5, 0.6) is 0 Å². The van der Waals surface area contributed by atoms with E-state index in [1.807, 2.05) is 34.9 Å². The quantitative estimate of drug-likeness (QED) is 0.203. The molecule has 0 bridgehead atoms. The minimum Gasteiger partial charge on any atom is -0.313 e. The Labute approximate surface area is 194 Å². The zero-order valence-corrected chi connectivity index (χ0v) is 20.3. The number of fused-ring (bicyclic) bond motifs is 1. The molecule has 0 radical (unpaired) electrons. The van der Waals surface area contributed by atoms with Gasteiger partial charge in [-0.2, -0.15) is 0 Å². The number of nitrogens with zero attached hydrogens (tertiary/aromatic N) is 2. The summed E-state index contributed by atoms with van der Waals surface area (Å²) in [5, 5.41) is 0. The molecule has 3 nitrogen and oxygen atoms in total. The molecule has 3 heteroatoms. The number of unbranched alkanes of at least 4 members (excludes halogenated alkanes) is 3. The van der Waals surface area contributed by atoms with Crippen molar-refractivity contribution in [3.05, 3.63) is 77.1 Å². The van der Waals surface area contributed by atoms with E-state index in [2.05, 4.69) is 49.9 Å². The van der Waals surface area contributed by atoms with Crippen LogP contribution >= 0.6 is 0 Å². The van der Waals surface area contributed by atoms with E-state index in [4.69, 9.17) is 0 Å². The summed E-state index contributed by atoms with van der Waals surface area (Å²) in [5.74, 6) is 0.113. The van der Waals surface area contributed by atoms with Gasteiger partial charge in [0.2, 0.25) is 5.78 Å². The first-order chi connectivity index (χ1) is 15.7. The van der Waals surface area contributed by atoms with Gasteiger partial charge in [0.1, 0.15) is 0 Å². The Kier molecular flexibility index (Phi) is 9.55. The van der Waals surface area contributed by atoms with Crippen LogP contribution in [-0.4, -0.2) is 34.7 Å². The zero-order chi connectivity index (χ0) is 22.8. The highest BCUT2D eigenvalue weighted by Crippen LogP contribution is 2.21. The Morgan fingerprint density at radius 3 is 2.19 bits per heavy atom. The summed E-state index contributed by atoms with van der Waals surface area (Å²) in [6.45, 7) is 10.3. The number of aromatic nitrogens is 1. The maximum atomic E-state index is 13.3. The summed E-state index contributed by atoms with van der Waals surface area (Å²) in [4.78, 5) is 15.9. The van der Waals surface area contributed by atoms with Gasteiger partial charge in [-0.3, -0.25) is 4.79 Å². The molecule has 3 aromatic rings. The molecule has 0 fully saturated rings. The molecule has 0 unspecified atom stereocenters. The second-order valence-corrected chi connectivity index (χ2v) is 8.90. The average molecular weight is 433 g/mol. The molecule has 0 saturated carbocycles. The molecule has 0 aliphatic rings. The number of benzene rings is 1. The number of aryl methyl sites for hydroxylation is 2. The number of rotatable bonds is 14. The zero-order valence-electron chi connectivity index (χ0n) is 20.3. The summed E-state index contributed by atoms with van der Waals surface area (Å²) >= 11 is 0. The molecule has 172 valence electrons. The van der Waals surface area contributed by atoms with Crippen molar-refractivity contribution in [1.29, 1.82) is 0 Å². The molecule has 0 saturated heterocycles. The van der Waals surface area contributed by atoms with E-state index in [1.165, 1.54) is 63.7 Å². The van der Waals surface area contributed by atoms with Crippen LogP contribution in [0.3, 0.4) is 0 Å². The molecule has 32 heavy (non-hydrogen) atoms. The molecule has 0 N–H and O–H groups in total. The third kappa shape index (κ3) is 6.32. The van der Waals surface area contributed by atoms with Gasteiger partial charge in [0.05, 0.1) is 5.69 Å². The molecule has 1 aromatic carbocycles. The molecule has 0 atom stereocenters. The van der Waals surface area contributed by atoms with Crippen molar-refractivity contribution >= 4 is 11.3 Å². The molecule has 3 rings (SSSR count). The summed E-state index contributed by atoms with van der Waals surface area (Å²) in [5.41, 5.74) is 5.09. The molecule has 0 aliphatic heterocycles. The van der Waals surface area contributed by atoms with Crippen LogP contribution in [0, 0.1) is 0 Å². The van der Waals surface area contributed by atoms with E-state index in [-0.39, 0.29) is 5.78 Å². The highest BCUT2D eigenvalue weighted by atomic mass is 16.1. The predicted octanol–water partition coefficient (Wildman–Crippen LogP) is 6.96. The highest BCUT2D eigenvalue weighted by Gasteiger charge is 2.18. The number of ketones is 1. The van der Waals surface area contributed by atoms with Crippen LogP contribution < -0.4 is 0 Å². The van der Waals surface area contributed by atoms with Gasteiger partial charge >= 0.3 is 0 Å². The van der Waals surface area contributed by atoms with E-state index in [9.17, 15) is 4.79 Å².